The van der Waals surface area contributed by atoms with Crippen LogP contribution in [0.3, 0.4) is 0 Å². The number of aryl methyl sites for hydroxylation is 1. The zero-order valence-corrected chi connectivity index (χ0v) is 12.8. The fraction of sp³-hybridized carbons (Fsp3) is 0.500. The number of nitrogens with one attached hydrogen (secondary N) is 1. The second kappa shape index (κ2) is 5.92. The number of hydrogen-bond donors (Lipinski definition) is 2. The number of likely N-dealkylation sites (tertiary alicyclic amines) is 1. The first-order valence-corrected chi connectivity index (χ1v) is 7.27. The lowest BCUT2D eigenvalue weighted by molar-refractivity contribution is 0.0463. The molecule has 2 atom stereocenters. The van der Waals surface area contributed by atoms with Crippen molar-refractivity contribution in [2.45, 2.75) is 26.4 Å². The predicted molar refractivity (Wildman–Crippen MR) is 79.3 cm³/mol. The van der Waals surface area contributed by atoms with Crippen molar-refractivity contribution >= 4 is 27.6 Å². The molecule has 1 aliphatic rings. The summed E-state index contributed by atoms with van der Waals surface area (Å²) in [5.74, 6) is 0.259. The summed E-state index contributed by atoms with van der Waals surface area (Å²) < 4.78 is 0.859. The molecule has 19 heavy (non-hydrogen) atoms. The third kappa shape index (κ3) is 3.48. The second-order valence-corrected chi connectivity index (χ2v) is 6.05. The SMILES string of the molecule is Cc1ccc(Br)c(NC(=O)N2CCC(C)C(O)C2)c1. The van der Waals surface area contributed by atoms with Crippen molar-refractivity contribution in [2.24, 2.45) is 5.92 Å². The molecule has 0 aromatic heterocycles. The molecule has 1 aromatic carbocycles. The van der Waals surface area contributed by atoms with E-state index in [0.29, 0.717) is 13.1 Å². The van der Waals surface area contributed by atoms with Gasteiger partial charge in [0.1, 0.15) is 0 Å². The highest BCUT2D eigenvalue weighted by Crippen LogP contribution is 2.24. The van der Waals surface area contributed by atoms with Crippen molar-refractivity contribution in [3.8, 4) is 0 Å². The maximum absolute atomic E-state index is 12.2. The van der Waals surface area contributed by atoms with E-state index >= 15 is 0 Å². The molecule has 5 heteroatoms. The number of anilines is 1. The Morgan fingerprint density at radius 1 is 1.53 bits per heavy atom. The molecule has 2 rings (SSSR count). The van der Waals surface area contributed by atoms with Gasteiger partial charge >= 0.3 is 6.03 Å². The van der Waals surface area contributed by atoms with Crippen molar-refractivity contribution < 1.29 is 9.90 Å². The number of piperidine rings is 1. The number of benzene rings is 1. The van der Waals surface area contributed by atoms with Crippen LogP contribution < -0.4 is 5.32 Å². The largest absolute Gasteiger partial charge is 0.391 e. The maximum Gasteiger partial charge on any atom is 0.321 e. The Morgan fingerprint density at radius 3 is 2.95 bits per heavy atom. The van der Waals surface area contributed by atoms with Crippen LogP contribution in [0, 0.1) is 12.8 Å². The topological polar surface area (TPSA) is 52.6 Å². The highest BCUT2D eigenvalue weighted by molar-refractivity contribution is 9.10. The van der Waals surface area contributed by atoms with Crippen LogP contribution in [-0.2, 0) is 0 Å². The summed E-state index contributed by atoms with van der Waals surface area (Å²) in [5.41, 5.74) is 1.85. The lowest BCUT2D eigenvalue weighted by Gasteiger charge is -2.34. The van der Waals surface area contributed by atoms with E-state index in [0.717, 1.165) is 22.1 Å². The van der Waals surface area contributed by atoms with Crippen LogP contribution in [0.2, 0.25) is 0 Å². The smallest absolute Gasteiger partial charge is 0.321 e. The van der Waals surface area contributed by atoms with Crippen LogP contribution in [0.1, 0.15) is 18.9 Å². The highest BCUT2D eigenvalue weighted by Gasteiger charge is 2.27. The van der Waals surface area contributed by atoms with Gasteiger partial charge in [0.05, 0.1) is 11.8 Å². The highest BCUT2D eigenvalue weighted by atomic mass is 79.9. The number of carbonyl (C=O) groups excluding carboxylic acids is 1. The van der Waals surface area contributed by atoms with E-state index in [2.05, 4.69) is 21.2 Å². The van der Waals surface area contributed by atoms with E-state index in [4.69, 9.17) is 0 Å². The number of urea groups is 1. The average molecular weight is 327 g/mol. The molecule has 0 saturated carbocycles. The molecule has 0 bridgehead atoms. The van der Waals surface area contributed by atoms with Gasteiger partial charge in [-0.05, 0) is 52.9 Å². The summed E-state index contributed by atoms with van der Waals surface area (Å²) in [6.45, 7) is 5.08. The van der Waals surface area contributed by atoms with Gasteiger partial charge in [-0.25, -0.2) is 4.79 Å². The Bertz CT molecular complexity index is 479. The number of aliphatic hydroxyl groups is 1. The number of aliphatic hydroxyl groups excluding tert-OH is 1. The van der Waals surface area contributed by atoms with Crippen molar-refractivity contribution in [1.29, 1.82) is 0 Å². The molecule has 0 aliphatic carbocycles. The zero-order chi connectivity index (χ0) is 14.0. The van der Waals surface area contributed by atoms with Gasteiger partial charge in [0.15, 0.2) is 0 Å². The average Bonchev–Trinajstić information content (AvgIpc) is 2.37. The Kier molecular flexibility index (Phi) is 4.47. The summed E-state index contributed by atoms with van der Waals surface area (Å²) in [6, 6.07) is 5.66. The van der Waals surface area contributed by atoms with E-state index in [-0.39, 0.29) is 11.9 Å². The monoisotopic (exact) mass is 326 g/mol. The normalized spacial score (nSPS) is 23.3. The molecule has 2 amide bonds. The minimum absolute atomic E-state index is 0.155. The zero-order valence-electron chi connectivity index (χ0n) is 11.2. The number of halogens is 1. The van der Waals surface area contributed by atoms with Gasteiger partial charge in [-0.2, -0.15) is 0 Å². The first-order valence-electron chi connectivity index (χ1n) is 6.47. The Hall–Kier alpha value is -1.07. The van der Waals surface area contributed by atoms with Crippen LogP contribution in [0.5, 0.6) is 0 Å². The van der Waals surface area contributed by atoms with Crippen LogP contribution >= 0.6 is 15.9 Å². The van der Waals surface area contributed by atoms with Gasteiger partial charge in [-0.3, -0.25) is 0 Å². The molecule has 4 nitrogen and oxygen atoms in total. The summed E-state index contributed by atoms with van der Waals surface area (Å²) in [7, 11) is 0. The standard InChI is InChI=1S/C14H19BrN2O2/c1-9-3-4-11(15)12(7-9)16-14(19)17-6-5-10(2)13(18)8-17/h3-4,7,10,13,18H,5-6,8H2,1-2H3,(H,16,19). The molecule has 1 fully saturated rings. The number of nitrogens with zero attached hydrogens (tertiary/aromatic N) is 1. The fourth-order valence-electron chi connectivity index (χ4n) is 2.16. The fourth-order valence-corrected chi connectivity index (χ4v) is 2.51. The van der Waals surface area contributed by atoms with E-state index in [1.807, 2.05) is 32.0 Å². The summed E-state index contributed by atoms with van der Waals surface area (Å²) >= 11 is 3.42. The number of amides is 2. The quantitative estimate of drug-likeness (QED) is 0.833. The van der Waals surface area contributed by atoms with Gasteiger partial charge in [-0.15, -0.1) is 0 Å². The lowest BCUT2D eigenvalue weighted by Crippen LogP contribution is -2.47. The molecular weight excluding hydrogens is 308 g/mol. The third-order valence-corrected chi connectivity index (χ3v) is 4.26. The number of hydrogen-bond acceptors (Lipinski definition) is 2. The molecule has 2 unspecified atom stereocenters. The van der Waals surface area contributed by atoms with E-state index < -0.39 is 6.10 Å². The van der Waals surface area contributed by atoms with Crippen LogP contribution in [0.4, 0.5) is 10.5 Å². The Balaban J connectivity index is 2.03. The van der Waals surface area contributed by atoms with Crippen molar-refractivity contribution in [3.05, 3.63) is 28.2 Å². The van der Waals surface area contributed by atoms with Gasteiger partial charge in [0, 0.05) is 17.6 Å². The minimum Gasteiger partial charge on any atom is -0.391 e. The van der Waals surface area contributed by atoms with E-state index in [1.54, 1.807) is 4.90 Å². The maximum atomic E-state index is 12.2. The van der Waals surface area contributed by atoms with E-state index in [9.17, 15) is 9.90 Å². The Labute approximate surface area is 121 Å². The molecule has 1 saturated heterocycles. The van der Waals surface area contributed by atoms with Crippen molar-refractivity contribution in [2.75, 3.05) is 18.4 Å². The Morgan fingerprint density at radius 2 is 2.26 bits per heavy atom. The van der Waals surface area contributed by atoms with Crippen LogP contribution in [-0.4, -0.2) is 35.2 Å². The predicted octanol–water partition coefficient (Wildman–Crippen LogP) is 2.99. The molecule has 0 radical (unpaired) electrons. The summed E-state index contributed by atoms with van der Waals surface area (Å²) in [4.78, 5) is 13.8. The third-order valence-electron chi connectivity index (χ3n) is 3.57. The molecule has 1 aliphatic heterocycles. The molecule has 104 valence electrons. The summed E-state index contributed by atoms with van der Waals surface area (Å²) in [6.07, 6.45) is 0.407. The number of carbonyl (C=O) groups is 1. The van der Waals surface area contributed by atoms with E-state index in [1.165, 1.54) is 0 Å². The lowest BCUT2D eigenvalue weighted by atomic mass is 9.96. The molecule has 1 heterocycles. The molecule has 2 N–H and O–H groups in total. The molecule has 0 spiro atoms. The minimum atomic E-state index is -0.430. The van der Waals surface area contributed by atoms with Crippen LogP contribution in [0.15, 0.2) is 22.7 Å². The van der Waals surface area contributed by atoms with Gasteiger partial charge < -0.3 is 15.3 Å². The number of β-amino-alcohol motifs (C(OH)–C–C–N with tert-alkyl or cyclic N) is 1. The van der Waals surface area contributed by atoms with Gasteiger partial charge in [-0.1, -0.05) is 13.0 Å². The number of rotatable bonds is 1. The summed E-state index contributed by atoms with van der Waals surface area (Å²) in [5, 5.41) is 12.7. The second-order valence-electron chi connectivity index (χ2n) is 5.19. The first kappa shape index (κ1) is 14.3. The first-order chi connectivity index (χ1) is 8.97. The molecular formula is C14H19BrN2O2. The van der Waals surface area contributed by atoms with Crippen molar-refractivity contribution in [3.63, 3.8) is 0 Å². The molecule has 1 aromatic rings. The van der Waals surface area contributed by atoms with Crippen molar-refractivity contribution in [1.82, 2.24) is 4.90 Å². The van der Waals surface area contributed by atoms with Crippen LogP contribution in [0.25, 0.3) is 0 Å². The van der Waals surface area contributed by atoms with Gasteiger partial charge in [0.25, 0.3) is 0 Å². The van der Waals surface area contributed by atoms with Gasteiger partial charge in [0.2, 0.25) is 0 Å².